The zero-order valence-electron chi connectivity index (χ0n) is 18.8. The number of halogens is 2. The molecule has 2 aliphatic heterocycles. The summed E-state index contributed by atoms with van der Waals surface area (Å²) in [5.74, 6) is -0.993. The maximum atomic E-state index is 13.3. The lowest BCUT2D eigenvalue weighted by Gasteiger charge is -2.39. The lowest BCUT2D eigenvalue weighted by Crippen LogP contribution is -2.59. The highest BCUT2D eigenvalue weighted by atomic mass is 32.2. The Hall–Kier alpha value is -2.68. The molecule has 0 amide bonds. The van der Waals surface area contributed by atoms with Crippen LogP contribution in [-0.4, -0.2) is 71.9 Å². The number of piperazine rings is 1. The monoisotopic (exact) mass is 497 g/mol. The van der Waals surface area contributed by atoms with E-state index in [0.717, 1.165) is 0 Å². The van der Waals surface area contributed by atoms with Gasteiger partial charge in [0.15, 0.2) is 0 Å². The number of imidazole rings is 1. The second-order valence-electron chi connectivity index (χ2n) is 9.18. The number of aromatic nitrogens is 4. The highest BCUT2D eigenvalue weighted by Gasteiger charge is 2.38. The van der Waals surface area contributed by atoms with Crippen LogP contribution in [0.2, 0.25) is 0 Å². The number of ether oxygens (including phenoxy) is 1. The van der Waals surface area contributed by atoms with Crippen molar-refractivity contribution in [3.05, 3.63) is 24.4 Å². The van der Waals surface area contributed by atoms with Gasteiger partial charge < -0.3 is 19.4 Å². The number of hydrogen-bond donors (Lipinski definition) is 2. The van der Waals surface area contributed by atoms with Gasteiger partial charge in [-0.1, -0.05) is 0 Å². The van der Waals surface area contributed by atoms with E-state index in [4.69, 9.17) is 9.15 Å². The molecule has 5 rings (SSSR count). The topological polar surface area (TPSA) is 127 Å². The first-order valence-electron chi connectivity index (χ1n) is 10.8. The van der Waals surface area contributed by atoms with Crippen LogP contribution in [0, 0.1) is 0 Å². The van der Waals surface area contributed by atoms with E-state index in [2.05, 4.69) is 30.1 Å². The van der Waals surface area contributed by atoms with Crippen LogP contribution in [0.15, 0.2) is 27.8 Å². The highest BCUT2D eigenvalue weighted by molar-refractivity contribution is 7.89. The maximum absolute atomic E-state index is 13.3. The minimum absolute atomic E-state index is 0.00480. The minimum Gasteiger partial charge on any atom is -0.412 e. The van der Waals surface area contributed by atoms with Gasteiger partial charge in [-0.2, -0.15) is 8.78 Å². The van der Waals surface area contributed by atoms with Gasteiger partial charge in [0, 0.05) is 31.4 Å². The number of hydrogen-bond acceptors (Lipinski definition) is 9. The van der Waals surface area contributed by atoms with Crippen molar-refractivity contribution in [1.82, 2.24) is 29.6 Å². The van der Waals surface area contributed by atoms with Crippen LogP contribution >= 0.6 is 0 Å². The summed E-state index contributed by atoms with van der Waals surface area (Å²) in [6.07, 6.45) is -0.00944. The van der Waals surface area contributed by atoms with Crippen LogP contribution in [0.4, 0.5) is 14.5 Å². The molecule has 5 heterocycles. The Morgan fingerprint density at radius 2 is 1.94 bits per heavy atom. The second kappa shape index (κ2) is 8.22. The number of fused-ring (bicyclic) bond motifs is 1. The first kappa shape index (κ1) is 23.1. The molecule has 2 atom stereocenters. The van der Waals surface area contributed by atoms with E-state index in [-0.39, 0.29) is 41.9 Å². The number of anilines is 1. The third-order valence-corrected chi connectivity index (χ3v) is 7.45. The molecule has 0 bridgehead atoms. The van der Waals surface area contributed by atoms with Gasteiger partial charge in [0.25, 0.3) is 11.8 Å². The summed E-state index contributed by atoms with van der Waals surface area (Å²) in [5, 5.41) is 10.5. The van der Waals surface area contributed by atoms with E-state index < -0.39 is 27.9 Å². The molecular weight excluding hydrogens is 472 g/mol. The Labute approximate surface area is 194 Å². The zero-order valence-corrected chi connectivity index (χ0v) is 19.6. The molecule has 0 aromatic carbocycles. The van der Waals surface area contributed by atoms with Crippen molar-refractivity contribution in [2.75, 3.05) is 31.2 Å². The van der Waals surface area contributed by atoms with Crippen molar-refractivity contribution >= 4 is 21.2 Å². The number of rotatable bonds is 6. The van der Waals surface area contributed by atoms with Gasteiger partial charge in [0.2, 0.25) is 15.8 Å². The smallest absolute Gasteiger partial charge is 0.314 e. The van der Waals surface area contributed by atoms with Gasteiger partial charge in [0.05, 0.1) is 36.2 Å². The fraction of sp³-hybridized carbons (Fsp3) is 0.550. The highest BCUT2D eigenvalue weighted by Crippen LogP contribution is 2.32. The Kier molecular flexibility index (Phi) is 5.58. The number of sulfonamides is 1. The second-order valence-corrected chi connectivity index (χ2v) is 10.9. The predicted octanol–water partition coefficient (Wildman–Crippen LogP) is 1.58. The lowest BCUT2D eigenvalue weighted by atomic mass is 10.0. The minimum atomic E-state index is -3.95. The largest absolute Gasteiger partial charge is 0.412 e. The number of pyridine rings is 1. The lowest BCUT2D eigenvalue weighted by molar-refractivity contribution is -0.0523. The van der Waals surface area contributed by atoms with Gasteiger partial charge in [-0.25, -0.2) is 18.1 Å². The molecule has 0 saturated carbocycles. The van der Waals surface area contributed by atoms with Crippen molar-refractivity contribution in [2.45, 2.75) is 49.7 Å². The number of alkyl halides is 2. The van der Waals surface area contributed by atoms with Crippen molar-refractivity contribution in [2.24, 2.45) is 0 Å². The Bertz CT molecular complexity index is 1310. The molecule has 3 aromatic heterocycles. The van der Waals surface area contributed by atoms with Crippen LogP contribution in [0.25, 0.3) is 17.2 Å². The molecule has 0 aliphatic carbocycles. The maximum Gasteiger partial charge on any atom is 0.314 e. The van der Waals surface area contributed by atoms with Gasteiger partial charge >= 0.3 is 6.43 Å². The quantitative estimate of drug-likeness (QED) is 0.522. The molecule has 2 aliphatic rings. The Balaban J connectivity index is 1.65. The normalized spacial score (nSPS) is 22.9. The van der Waals surface area contributed by atoms with Crippen molar-refractivity contribution in [3.63, 3.8) is 0 Å². The molecule has 184 valence electrons. The van der Waals surface area contributed by atoms with Crippen LogP contribution in [0.5, 0.6) is 0 Å². The van der Waals surface area contributed by atoms with Crippen LogP contribution in [0.3, 0.4) is 0 Å². The average Bonchev–Trinajstić information content (AvgIpc) is 3.38. The molecule has 0 spiro atoms. The standard InChI is InChI=1S/C20H25F2N7O4S/c1-11-6-28(7-12(2)24-11)14-4-13(34(30,31)27-20(3)9-32-10-20)8-29-15(14)5-23-17(29)19-26-25-18(33-19)16(21)22/h4-5,8,11-12,16,24,27H,6-7,9-10H2,1-3H3/t11-,12-/m0/s1. The summed E-state index contributed by atoms with van der Waals surface area (Å²) in [7, 11) is -3.95. The number of nitrogens with zero attached hydrogens (tertiary/aromatic N) is 5. The Morgan fingerprint density at radius 1 is 1.24 bits per heavy atom. The molecule has 2 fully saturated rings. The SMILES string of the molecule is C[C@H]1CN(c2cc(S(=O)(=O)NC3(C)COC3)cn3c(-c4nnc(C(F)F)o4)ncc23)C[C@H](C)N1. The van der Waals surface area contributed by atoms with Gasteiger partial charge in [-0.05, 0) is 26.8 Å². The molecule has 14 heteroatoms. The first-order valence-corrected chi connectivity index (χ1v) is 12.3. The molecule has 34 heavy (non-hydrogen) atoms. The van der Waals surface area contributed by atoms with Crippen LogP contribution < -0.4 is 14.9 Å². The third-order valence-electron chi connectivity index (χ3n) is 5.84. The molecule has 2 N–H and O–H groups in total. The summed E-state index contributed by atoms with van der Waals surface area (Å²) in [4.78, 5) is 6.38. The fourth-order valence-corrected chi connectivity index (χ4v) is 5.80. The fourth-order valence-electron chi connectivity index (χ4n) is 4.40. The van der Waals surface area contributed by atoms with Gasteiger partial charge in [0.1, 0.15) is 4.90 Å². The first-order chi connectivity index (χ1) is 16.0. The van der Waals surface area contributed by atoms with E-state index in [0.29, 0.717) is 24.3 Å². The van der Waals surface area contributed by atoms with E-state index in [1.807, 2.05) is 13.8 Å². The summed E-state index contributed by atoms with van der Waals surface area (Å²) in [6, 6.07) is 1.94. The van der Waals surface area contributed by atoms with Crippen molar-refractivity contribution in [3.8, 4) is 11.7 Å². The number of nitrogens with one attached hydrogen (secondary N) is 2. The average molecular weight is 498 g/mol. The van der Waals surface area contributed by atoms with Crippen LogP contribution in [-0.2, 0) is 14.8 Å². The summed E-state index contributed by atoms with van der Waals surface area (Å²) in [5.41, 5.74) is 0.526. The molecule has 2 saturated heterocycles. The van der Waals surface area contributed by atoms with E-state index >= 15 is 0 Å². The molecular formula is C20H25F2N7O4S. The summed E-state index contributed by atoms with van der Waals surface area (Å²) in [6.45, 7) is 7.67. The van der Waals surface area contributed by atoms with E-state index in [1.165, 1.54) is 10.6 Å². The van der Waals surface area contributed by atoms with Crippen LogP contribution in [0.1, 0.15) is 33.1 Å². The Morgan fingerprint density at radius 3 is 2.53 bits per heavy atom. The molecule has 11 nitrogen and oxygen atoms in total. The molecule has 0 radical (unpaired) electrons. The third kappa shape index (κ3) is 4.15. The zero-order chi connectivity index (χ0) is 24.3. The van der Waals surface area contributed by atoms with Crippen molar-refractivity contribution in [1.29, 1.82) is 0 Å². The molecule has 0 unspecified atom stereocenters. The van der Waals surface area contributed by atoms with Crippen molar-refractivity contribution < 1.29 is 26.4 Å². The predicted molar refractivity (Wildman–Crippen MR) is 117 cm³/mol. The van der Waals surface area contributed by atoms with E-state index in [1.54, 1.807) is 19.2 Å². The van der Waals surface area contributed by atoms with Gasteiger partial charge in [-0.3, -0.25) is 4.40 Å². The summed E-state index contributed by atoms with van der Waals surface area (Å²) < 4.78 is 67.1. The van der Waals surface area contributed by atoms with E-state index in [9.17, 15) is 17.2 Å². The molecule has 3 aromatic rings. The van der Waals surface area contributed by atoms with Gasteiger partial charge in [-0.15, -0.1) is 10.2 Å². The summed E-state index contributed by atoms with van der Waals surface area (Å²) >= 11 is 0.